The third-order valence-electron chi connectivity index (χ3n) is 4.93. The van der Waals surface area contributed by atoms with Crippen LogP contribution in [0.25, 0.3) is 0 Å². The normalized spacial score (nSPS) is 10.7. The predicted octanol–water partition coefficient (Wildman–Crippen LogP) is 5.09. The van der Waals surface area contributed by atoms with Crippen LogP contribution in [0, 0.1) is 18.3 Å². The van der Waals surface area contributed by atoms with Gasteiger partial charge in [0.25, 0.3) is 5.56 Å². The van der Waals surface area contributed by atoms with Gasteiger partial charge in [-0.05, 0) is 43.2 Å². The minimum atomic E-state index is -0.730. The Balaban J connectivity index is 2.10. The molecule has 0 fully saturated rings. The Labute approximate surface area is 194 Å². The van der Waals surface area contributed by atoms with Gasteiger partial charge in [-0.15, -0.1) is 0 Å². The number of carbonyl (C=O) groups is 1. The molecule has 0 aliphatic heterocycles. The summed E-state index contributed by atoms with van der Waals surface area (Å²) in [5, 5.41) is 20.6. The molecule has 3 aromatic rings. The highest BCUT2D eigenvalue weighted by Crippen LogP contribution is 2.36. The molecule has 9 heteroatoms. The number of hydrogen-bond donors (Lipinski definition) is 1. The molecule has 166 valence electrons. The summed E-state index contributed by atoms with van der Waals surface area (Å²) in [7, 11) is 0. The van der Waals surface area contributed by atoms with Crippen molar-refractivity contribution < 1.29 is 19.1 Å². The molecule has 0 radical (unpaired) electrons. The molecular formula is C23H20Cl2N2O5. The Kier molecular flexibility index (Phi) is 7.29. The van der Waals surface area contributed by atoms with Gasteiger partial charge in [0.2, 0.25) is 5.88 Å². The fourth-order valence-electron chi connectivity index (χ4n) is 3.22. The van der Waals surface area contributed by atoms with Gasteiger partial charge in [-0.2, -0.15) is 5.26 Å². The lowest BCUT2D eigenvalue weighted by molar-refractivity contribution is 0.103. The van der Waals surface area contributed by atoms with Gasteiger partial charge in [0, 0.05) is 5.56 Å². The molecule has 0 unspecified atom stereocenters. The summed E-state index contributed by atoms with van der Waals surface area (Å²) >= 11 is 12.6. The number of pyridine rings is 1. The van der Waals surface area contributed by atoms with Gasteiger partial charge in [0.05, 0.1) is 35.0 Å². The number of nitriles is 1. The highest BCUT2D eigenvalue weighted by molar-refractivity contribution is 6.38. The molecule has 1 N–H and O–H groups in total. The minimum Gasteiger partial charge on any atom is -0.494 e. The molecule has 0 atom stereocenters. The maximum atomic E-state index is 13.3. The second kappa shape index (κ2) is 9.94. The van der Waals surface area contributed by atoms with Gasteiger partial charge in [-0.3, -0.25) is 14.2 Å². The van der Waals surface area contributed by atoms with E-state index in [9.17, 15) is 20.0 Å². The number of hydrogen-bond acceptors (Lipinski definition) is 6. The second-order valence-corrected chi connectivity index (χ2v) is 7.90. The van der Waals surface area contributed by atoms with Crippen LogP contribution >= 0.6 is 23.2 Å². The van der Waals surface area contributed by atoms with Crippen molar-refractivity contribution in [2.75, 3.05) is 6.61 Å². The SMILES string of the molecule is CCCCOc1c(Cl)cc(C(=O)c2c(C)c(C#N)c(=O)n(Cc3ccco3)c2O)cc1Cl. The summed E-state index contributed by atoms with van der Waals surface area (Å²) in [6, 6.07) is 7.81. The van der Waals surface area contributed by atoms with Crippen LogP contribution in [0.2, 0.25) is 10.0 Å². The maximum Gasteiger partial charge on any atom is 0.271 e. The van der Waals surface area contributed by atoms with E-state index in [2.05, 4.69) is 0 Å². The topological polar surface area (TPSA) is 105 Å². The van der Waals surface area contributed by atoms with Crippen LogP contribution in [0.15, 0.2) is 39.7 Å². The van der Waals surface area contributed by atoms with Gasteiger partial charge in [0.1, 0.15) is 17.4 Å². The minimum absolute atomic E-state index is 0.0613. The molecule has 0 spiro atoms. The van der Waals surface area contributed by atoms with Crippen molar-refractivity contribution in [3.8, 4) is 17.7 Å². The van der Waals surface area contributed by atoms with E-state index in [1.165, 1.54) is 25.3 Å². The van der Waals surface area contributed by atoms with Crippen LogP contribution < -0.4 is 10.3 Å². The lowest BCUT2D eigenvalue weighted by atomic mass is 9.97. The standard InChI is InChI=1S/C23H20Cl2N2O5/c1-3-4-7-32-21-17(24)9-14(10-18(21)25)20(28)19-13(2)16(11-26)22(29)27(23(19)30)12-15-6-5-8-31-15/h5-6,8-10,30H,3-4,7,12H2,1-2H3. The molecule has 1 aromatic carbocycles. The first-order valence-electron chi connectivity index (χ1n) is 9.85. The Morgan fingerprint density at radius 3 is 2.56 bits per heavy atom. The summed E-state index contributed by atoms with van der Waals surface area (Å²) in [6.45, 7) is 3.71. The highest BCUT2D eigenvalue weighted by atomic mass is 35.5. The van der Waals surface area contributed by atoms with E-state index in [1.807, 2.05) is 13.0 Å². The number of ketones is 1. The number of furan rings is 1. The fraction of sp³-hybridized carbons (Fsp3) is 0.261. The molecule has 2 heterocycles. The monoisotopic (exact) mass is 474 g/mol. The molecule has 0 aliphatic carbocycles. The molecule has 0 amide bonds. The van der Waals surface area contributed by atoms with Crippen molar-refractivity contribution in [1.29, 1.82) is 5.26 Å². The molecule has 2 aromatic heterocycles. The Morgan fingerprint density at radius 1 is 1.31 bits per heavy atom. The molecule has 7 nitrogen and oxygen atoms in total. The second-order valence-electron chi connectivity index (χ2n) is 7.08. The zero-order valence-corrected chi connectivity index (χ0v) is 19.0. The molecule has 32 heavy (non-hydrogen) atoms. The van der Waals surface area contributed by atoms with Crippen molar-refractivity contribution in [1.82, 2.24) is 4.57 Å². The summed E-state index contributed by atoms with van der Waals surface area (Å²) in [5.74, 6) is -0.593. The van der Waals surface area contributed by atoms with Crippen molar-refractivity contribution in [2.24, 2.45) is 0 Å². The first-order valence-corrected chi connectivity index (χ1v) is 10.6. The molecule has 0 saturated carbocycles. The van der Waals surface area contributed by atoms with Crippen molar-refractivity contribution in [3.63, 3.8) is 0 Å². The van der Waals surface area contributed by atoms with E-state index in [0.717, 1.165) is 17.4 Å². The largest absolute Gasteiger partial charge is 0.494 e. The first kappa shape index (κ1) is 23.5. The number of ether oxygens (including phenoxy) is 1. The number of aromatic hydroxyl groups is 1. The van der Waals surface area contributed by atoms with E-state index in [1.54, 1.807) is 12.1 Å². The predicted molar refractivity (Wildman–Crippen MR) is 120 cm³/mol. The Hall–Kier alpha value is -3.21. The van der Waals surface area contributed by atoms with Gasteiger partial charge in [-0.1, -0.05) is 36.5 Å². The van der Waals surface area contributed by atoms with Crippen LogP contribution in [-0.2, 0) is 6.54 Å². The van der Waals surface area contributed by atoms with Crippen molar-refractivity contribution in [2.45, 2.75) is 33.2 Å². The van der Waals surface area contributed by atoms with E-state index in [0.29, 0.717) is 12.4 Å². The summed E-state index contributed by atoms with van der Waals surface area (Å²) in [4.78, 5) is 26.1. The molecule has 0 aliphatic rings. The molecule has 0 saturated heterocycles. The lowest BCUT2D eigenvalue weighted by Crippen LogP contribution is -2.27. The average Bonchev–Trinajstić information content (AvgIpc) is 3.26. The van der Waals surface area contributed by atoms with Gasteiger partial charge in [0.15, 0.2) is 11.5 Å². The molecule has 3 rings (SSSR count). The van der Waals surface area contributed by atoms with Crippen LogP contribution in [-0.4, -0.2) is 22.1 Å². The smallest absolute Gasteiger partial charge is 0.271 e. The quantitative estimate of drug-likeness (QED) is 0.359. The van der Waals surface area contributed by atoms with Gasteiger partial charge in [-0.25, -0.2) is 0 Å². The third-order valence-corrected chi connectivity index (χ3v) is 5.49. The number of benzene rings is 1. The van der Waals surface area contributed by atoms with Crippen molar-refractivity contribution >= 4 is 29.0 Å². The number of carbonyl (C=O) groups excluding carboxylic acids is 1. The maximum absolute atomic E-state index is 13.3. The number of rotatable bonds is 8. The summed E-state index contributed by atoms with van der Waals surface area (Å²) in [6.07, 6.45) is 3.16. The molecular weight excluding hydrogens is 455 g/mol. The Bertz CT molecular complexity index is 1230. The third kappa shape index (κ3) is 4.52. The van der Waals surface area contributed by atoms with Crippen LogP contribution in [0.4, 0.5) is 0 Å². The van der Waals surface area contributed by atoms with E-state index < -0.39 is 17.2 Å². The zero-order chi connectivity index (χ0) is 23.4. The number of halogens is 2. The lowest BCUT2D eigenvalue weighted by Gasteiger charge is -2.16. The summed E-state index contributed by atoms with van der Waals surface area (Å²) in [5.41, 5.74) is -1.04. The van der Waals surface area contributed by atoms with Crippen LogP contribution in [0.5, 0.6) is 11.6 Å². The summed E-state index contributed by atoms with van der Waals surface area (Å²) < 4.78 is 11.8. The number of nitrogens with zero attached hydrogens (tertiary/aromatic N) is 2. The number of unbranched alkanes of at least 4 members (excludes halogenated alkanes) is 1. The van der Waals surface area contributed by atoms with Crippen LogP contribution in [0.3, 0.4) is 0 Å². The Morgan fingerprint density at radius 2 is 2.00 bits per heavy atom. The number of aromatic nitrogens is 1. The molecule has 0 bridgehead atoms. The van der Waals surface area contributed by atoms with Crippen LogP contribution in [0.1, 0.15) is 52.6 Å². The van der Waals surface area contributed by atoms with Crippen molar-refractivity contribution in [3.05, 3.63) is 78.9 Å². The average molecular weight is 475 g/mol. The van der Waals surface area contributed by atoms with E-state index >= 15 is 0 Å². The van der Waals surface area contributed by atoms with Gasteiger partial charge >= 0.3 is 0 Å². The van der Waals surface area contributed by atoms with Gasteiger partial charge < -0.3 is 14.3 Å². The van der Waals surface area contributed by atoms with E-state index in [4.69, 9.17) is 32.4 Å². The first-order chi connectivity index (χ1) is 15.3. The fourth-order valence-corrected chi connectivity index (χ4v) is 3.82. The highest BCUT2D eigenvalue weighted by Gasteiger charge is 2.26. The van der Waals surface area contributed by atoms with E-state index in [-0.39, 0.29) is 44.6 Å². The zero-order valence-electron chi connectivity index (χ0n) is 17.4.